The van der Waals surface area contributed by atoms with Gasteiger partial charge in [-0.2, -0.15) is 0 Å². The van der Waals surface area contributed by atoms with E-state index in [1.165, 1.54) is 0 Å². The van der Waals surface area contributed by atoms with Gasteiger partial charge in [0.25, 0.3) is 0 Å². The molecule has 2 aromatic carbocycles. The molecule has 5 heteroatoms. The molecular weight excluding hydrogens is 248 g/mol. The Kier molecular flexibility index (Phi) is 6.67. The van der Waals surface area contributed by atoms with Crippen LogP contribution in [0.15, 0.2) is 36.4 Å². The third kappa shape index (κ3) is 5.56. The highest BCUT2D eigenvalue weighted by Crippen LogP contribution is 2.23. The van der Waals surface area contributed by atoms with Gasteiger partial charge in [-0.15, -0.1) is 0 Å². The van der Waals surface area contributed by atoms with E-state index in [4.69, 9.17) is 20.4 Å². The molecule has 0 radical (unpaired) electrons. The summed E-state index contributed by atoms with van der Waals surface area (Å²) in [6, 6.07) is 10.1. The monoisotopic (exact) mass is 266 g/mol. The summed E-state index contributed by atoms with van der Waals surface area (Å²) in [5.41, 5.74) is 0. The van der Waals surface area contributed by atoms with E-state index in [1.54, 1.807) is 36.4 Å². The number of fused-ring (bicyclic) bond motifs is 1. The van der Waals surface area contributed by atoms with Crippen LogP contribution in [0.3, 0.4) is 0 Å². The van der Waals surface area contributed by atoms with Crippen LogP contribution in [0, 0.1) is 0 Å². The molecule has 0 unspecified atom stereocenters. The van der Waals surface area contributed by atoms with E-state index < -0.39 is 0 Å². The van der Waals surface area contributed by atoms with Crippen molar-refractivity contribution >= 4 is 10.8 Å². The molecule has 0 aliphatic heterocycles. The highest BCUT2D eigenvalue weighted by Gasteiger charge is 1.95. The lowest BCUT2D eigenvalue weighted by molar-refractivity contribution is 0.0650. The zero-order valence-electron chi connectivity index (χ0n) is 10.5. The number of aromatic hydroxyl groups is 2. The summed E-state index contributed by atoms with van der Waals surface area (Å²) in [5.74, 6) is 0.487. The first-order chi connectivity index (χ1) is 9.17. The molecule has 0 fully saturated rings. The minimum atomic E-state index is 0.0278. The van der Waals surface area contributed by atoms with Gasteiger partial charge < -0.3 is 25.2 Å². The first kappa shape index (κ1) is 15.2. The van der Waals surface area contributed by atoms with Crippen molar-refractivity contribution in [1.82, 2.24) is 0 Å². The van der Waals surface area contributed by atoms with Crippen LogP contribution in [-0.4, -0.2) is 46.9 Å². The maximum Gasteiger partial charge on any atom is 0.116 e. The van der Waals surface area contributed by atoms with Crippen LogP contribution in [0.4, 0.5) is 0 Å². The number of ether oxygens (including phenoxy) is 1. The predicted octanol–water partition coefficient (Wildman–Crippen LogP) is 1.24. The highest BCUT2D eigenvalue weighted by molar-refractivity contribution is 5.84. The van der Waals surface area contributed by atoms with E-state index in [-0.39, 0.29) is 24.7 Å². The van der Waals surface area contributed by atoms with Crippen LogP contribution in [0.25, 0.3) is 10.8 Å². The lowest BCUT2D eigenvalue weighted by atomic mass is 10.1. The minimum absolute atomic E-state index is 0.0278. The maximum atomic E-state index is 9.14. The van der Waals surface area contributed by atoms with Crippen LogP contribution >= 0.6 is 0 Å². The molecule has 0 aliphatic carbocycles. The quantitative estimate of drug-likeness (QED) is 0.625. The summed E-state index contributed by atoms with van der Waals surface area (Å²) in [6.45, 7) is 0.696. The standard InChI is InChI=1S/C10H8O2.C4H10O3/c11-9-3-1-7-5-10(12)4-2-8(7)6-9;5-1-3-7-4-2-6/h1-6,11-12H;5-6H,1-4H2. The van der Waals surface area contributed by atoms with Crippen LogP contribution in [-0.2, 0) is 4.74 Å². The number of phenolic OH excluding ortho intramolecular Hbond substituents is 2. The van der Waals surface area contributed by atoms with Crippen molar-refractivity contribution in [3.8, 4) is 11.5 Å². The second-order valence-electron chi connectivity index (χ2n) is 3.78. The van der Waals surface area contributed by atoms with Gasteiger partial charge in [0.1, 0.15) is 11.5 Å². The molecule has 0 heterocycles. The number of phenols is 2. The Bertz CT molecular complexity index is 453. The van der Waals surface area contributed by atoms with Crippen molar-refractivity contribution in [3.63, 3.8) is 0 Å². The summed E-state index contributed by atoms with van der Waals surface area (Å²) < 4.78 is 4.63. The van der Waals surface area contributed by atoms with Gasteiger partial charge in [0.2, 0.25) is 0 Å². The van der Waals surface area contributed by atoms with E-state index in [9.17, 15) is 0 Å². The maximum absolute atomic E-state index is 9.14. The van der Waals surface area contributed by atoms with Gasteiger partial charge in [0.05, 0.1) is 26.4 Å². The lowest BCUT2D eigenvalue weighted by Crippen LogP contribution is -2.03. The molecule has 0 saturated heterocycles. The molecule has 2 rings (SSSR count). The third-order valence-corrected chi connectivity index (χ3v) is 2.28. The Morgan fingerprint density at radius 1 is 0.737 bits per heavy atom. The predicted molar refractivity (Wildman–Crippen MR) is 72.3 cm³/mol. The fraction of sp³-hybridized carbons (Fsp3) is 0.286. The van der Waals surface area contributed by atoms with Gasteiger partial charge >= 0.3 is 0 Å². The minimum Gasteiger partial charge on any atom is -0.508 e. The van der Waals surface area contributed by atoms with Gasteiger partial charge in [-0.25, -0.2) is 0 Å². The highest BCUT2D eigenvalue weighted by atomic mass is 16.5. The van der Waals surface area contributed by atoms with E-state index in [1.807, 2.05) is 0 Å². The van der Waals surface area contributed by atoms with Crippen molar-refractivity contribution in [1.29, 1.82) is 0 Å². The molecule has 0 atom stereocenters. The van der Waals surface area contributed by atoms with E-state index in [0.29, 0.717) is 13.2 Å². The summed E-state index contributed by atoms with van der Waals surface area (Å²) in [7, 11) is 0. The fourth-order valence-electron chi connectivity index (χ4n) is 1.45. The summed E-state index contributed by atoms with van der Waals surface area (Å²) in [6.07, 6.45) is 0. The Morgan fingerprint density at radius 3 is 1.53 bits per heavy atom. The fourth-order valence-corrected chi connectivity index (χ4v) is 1.45. The number of aliphatic hydroxyl groups excluding tert-OH is 2. The largest absolute Gasteiger partial charge is 0.508 e. The van der Waals surface area contributed by atoms with Crippen LogP contribution in [0.2, 0.25) is 0 Å². The van der Waals surface area contributed by atoms with Crippen LogP contribution in [0.5, 0.6) is 11.5 Å². The number of aliphatic hydroxyl groups is 2. The molecule has 0 saturated carbocycles. The second kappa shape index (κ2) is 8.31. The number of hydrogen-bond acceptors (Lipinski definition) is 5. The first-order valence-corrected chi connectivity index (χ1v) is 5.88. The van der Waals surface area contributed by atoms with Crippen molar-refractivity contribution in [2.75, 3.05) is 26.4 Å². The molecule has 0 aliphatic rings. The normalized spacial score (nSPS) is 10.0. The lowest BCUT2D eigenvalue weighted by Gasteiger charge is -1.98. The molecule has 2 aromatic rings. The molecule has 0 bridgehead atoms. The summed E-state index contributed by atoms with van der Waals surface area (Å²) >= 11 is 0. The van der Waals surface area contributed by atoms with Gasteiger partial charge in [-0.05, 0) is 35.0 Å². The van der Waals surface area contributed by atoms with Gasteiger partial charge in [0.15, 0.2) is 0 Å². The average molecular weight is 266 g/mol. The van der Waals surface area contributed by atoms with Crippen molar-refractivity contribution in [3.05, 3.63) is 36.4 Å². The number of rotatable bonds is 4. The van der Waals surface area contributed by atoms with Crippen LogP contribution in [0.1, 0.15) is 0 Å². The Morgan fingerprint density at radius 2 is 1.16 bits per heavy atom. The topological polar surface area (TPSA) is 90.2 Å². The van der Waals surface area contributed by atoms with Crippen LogP contribution < -0.4 is 0 Å². The molecule has 0 spiro atoms. The Labute approximate surface area is 111 Å². The molecule has 5 nitrogen and oxygen atoms in total. The molecule has 0 aromatic heterocycles. The van der Waals surface area contributed by atoms with Gasteiger partial charge in [-0.3, -0.25) is 0 Å². The second-order valence-corrected chi connectivity index (χ2v) is 3.78. The third-order valence-electron chi connectivity index (χ3n) is 2.28. The van der Waals surface area contributed by atoms with E-state index in [2.05, 4.69) is 4.74 Å². The Hall–Kier alpha value is -1.82. The molecular formula is C14H18O5. The molecule has 0 amide bonds. The zero-order valence-corrected chi connectivity index (χ0v) is 10.5. The van der Waals surface area contributed by atoms with Crippen molar-refractivity contribution in [2.24, 2.45) is 0 Å². The van der Waals surface area contributed by atoms with Crippen molar-refractivity contribution in [2.45, 2.75) is 0 Å². The molecule has 104 valence electrons. The van der Waals surface area contributed by atoms with Crippen molar-refractivity contribution < 1.29 is 25.2 Å². The van der Waals surface area contributed by atoms with Gasteiger partial charge in [0, 0.05) is 0 Å². The van der Waals surface area contributed by atoms with E-state index >= 15 is 0 Å². The first-order valence-electron chi connectivity index (χ1n) is 5.88. The summed E-state index contributed by atoms with van der Waals surface area (Å²) in [5, 5.41) is 36.3. The smallest absolute Gasteiger partial charge is 0.116 e. The van der Waals surface area contributed by atoms with E-state index in [0.717, 1.165) is 10.8 Å². The SMILES string of the molecule is OCCOCCO.Oc1ccc2cc(O)ccc2c1. The molecule has 19 heavy (non-hydrogen) atoms. The summed E-state index contributed by atoms with van der Waals surface area (Å²) in [4.78, 5) is 0. The Balaban J connectivity index is 0.000000224. The number of hydrogen-bond donors (Lipinski definition) is 4. The molecule has 4 N–H and O–H groups in total. The zero-order chi connectivity index (χ0) is 14.1. The van der Waals surface area contributed by atoms with Gasteiger partial charge in [-0.1, -0.05) is 12.1 Å². The number of benzene rings is 2. The average Bonchev–Trinajstić information content (AvgIpc) is 2.40.